The van der Waals surface area contributed by atoms with Gasteiger partial charge in [0.15, 0.2) is 0 Å². The normalized spacial score (nSPS) is 16.9. The van der Waals surface area contributed by atoms with Crippen molar-refractivity contribution < 1.29 is 14.3 Å². The lowest BCUT2D eigenvalue weighted by molar-refractivity contribution is -0.144. The van der Waals surface area contributed by atoms with Crippen LogP contribution in [0.2, 0.25) is 0 Å². The van der Waals surface area contributed by atoms with E-state index in [1.807, 2.05) is 30.3 Å². The van der Waals surface area contributed by atoms with Gasteiger partial charge in [-0.2, -0.15) is 0 Å². The van der Waals surface area contributed by atoms with Crippen molar-refractivity contribution in [2.45, 2.75) is 50.9 Å². The molecule has 0 aliphatic heterocycles. The number of esters is 1. The van der Waals surface area contributed by atoms with E-state index in [-0.39, 0.29) is 30.0 Å². The molecule has 1 saturated carbocycles. The number of Topliss-reactive ketones (excluding diaryl/α,β-unsaturated/α-hetero) is 1. The first-order valence-electron chi connectivity index (χ1n) is 7.43. The fourth-order valence-electron chi connectivity index (χ4n) is 3.15. The Morgan fingerprint density at radius 3 is 2.35 bits per heavy atom. The lowest BCUT2D eigenvalue weighted by Crippen LogP contribution is -2.33. The van der Waals surface area contributed by atoms with Crippen LogP contribution in [0.1, 0.15) is 51.0 Å². The summed E-state index contributed by atoms with van der Waals surface area (Å²) in [6, 6.07) is 10.00. The van der Waals surface area contributed by atoms with Gasteiger partial charge in [0, 0.05) is 6.42 Å². The molecule has 0 heterocycles. The molecule has 0 bridgehead atoms. The Morgan fingerprint density at radius 1 is 1.10 bits per heavy atom. The highest BCUT2D eigenvalue weighted by Gasteiger charge is 2.41. The van der Waals surface area contributed by atoms with Crippen LogP contribution in [-0.2, 0) is 19.7 Å². The van der Waals surface area contributed by atoms with Crippen molar-refractivity contribution >= 4 is 11.8 Å². The molecule has 0 N–H and O–H groups in total. The highest BCUT2D eigenvalue weighted by Crippen LogP contribution is 2.42. The van der Waals surface area contributed by atoms with Crippen LogP contribution in [0.15, 0.2) is 30.3 Å². The summed E-state index contributed by atoms with van der Waals surface area (Å²) < 4.78 is 4.90. The summed E-state index contributed by atoms with van der Waals surface area (Å²) in [6.45, 7) is 2.15. The Morgan fingerprint density at radius 2 is 1.75 bits per heavy atom. The Balaban J connectivity index is 2.09. The van der Waals surface area contributed by atoms with Crippen molar-refractivity contribution in [3.05, 3.63) is 35.9 Å². The Bertz CT molecular complexity index is 458. The second-order valence-electron chi connectivity index (χ2n) is 5.38. The Labute approximate surface area is 120 Å². The molecule has 108 valence electrons. The SMILES string of the molecule is CCOC(=O)CCC(=O)C1(c2ccccc2)CCCC1. The molecule has 0 amide bonds. The second kappa shape index (κ2) is 6.69. The summed E-state index contributed by atoms with van der Waals surface area (Å²) >= 11 is 0. The number of hydrogen-bond acceptors (Lipinski definition) is 3. The van der Waals surface area contributed by atoms with Crippen molar-refractivity contribution in [1.29, 1.82) is 0 Å². The van der Waals surface area contributed by atoms with E-state index in [4.69, 9.17) is 4.74 Å². The van der Waals surface area contributed by atoms with E-state index in [1.54, 1.807) is 6.92 Å². The van der Waals surface area contributed by atoms with E-state index in [0.717, 1.165) is 31.2 Å². The molecule has 1 aliphatic carbocycles. The number of carbonyl (C=O) groups excluding carboxylic acids is 2. The molecule has 1 aromatic carbocycles. The van der Waals surface area contributed by atoms with E-state index in [1.165, 1.54) is 0 Å². The molecule has 0 unspecified atom stereocenters. The third-order valence-electron chi connectivity index (χ3n) is 4.18. The van der Waals surface area contributed by atoms with Gasteiger partial charge in [0.05, 0.1) is 18.4 Å². The zero-order valence-electron chi connectivity index (χ0n) is 12.1. The van der Waals surface area contributed by atoms with Gasteiger partial charge in [-0.05, 0) is 25.3 Å². The predicted octanol–water partition coefficient (Wildman–Crippen LogP) is 3.41. The largest absolute Gasteiger partial charge is 0.466 e. The summed E-state index contributed by atoms with van der Waals surface area (Å²) in [5, 5.41) is 0. The minimum Gasteiger partial charge on any atom is -0.466 e. The number of benzene rings is 1. The van der Waals surface area contributed by atoms with Gasteiger partial charge in [0.1, 0.15) is 5.78 Å². The number of hydrogen-bond donors (Lipinski definition) is 0. The van der Waals surface area contributed by atoms with Crippen LogP contribution in [0.3, 0.4) is 0 Å². The topological polar surface area (TPSA) is 43.4 Å². The van der Waals surface area contributed by atoms with Gasteiger partial charge in [0.2, 0.25) is 0 Å². The zero-order chi connectivity index (χ0) is 14.4. The van der Waals surface area contributed by atoms with Gasteiger partial charge in [-0.3, -0.25) is 9.59 Å². The molecule has 3 heteroatoms. The first-order chi connectivity index (χ1) is 9.69. The van der Waals surface area contributed by atoms with Gasteiger partial charge < -0.3 is 4.74 Å². The maximum atomic E-state index is 12.7. The smallest absolute Gasteiger partial charge is 0.306 e. The molecule has 0 aromatic heterocycles. The van der Waals surface area contributed by atoms with Gasteiger partial charge in [-0.15, -0.1) is 0 Å². The van der Waals surface area contributed by atoms with Crippen molar-refractivity contribution in [3.63, 3.8) is 0 Å². The van der Waals surface area contributed by atoms with Crippen LogP contribution in [-0.4, -0.2) is 18.4 Å². The Hall–Kier alpha value is -1.64. The van der Waals surface area contributed by atoms with Gasteiger partial charge >= 0.3 is 5.97 Å². The van der Waals surface area contributed by atoms with E-state index in [9.17, 15) is 9.59 Å². The zero-order valence-corrected chi connectivity index (χ0v) is 12.1. The molecule has 1 aliphatic rings. The van der Waals surface area contributed by atoms with Crippen LogP contribution in [0.25, 0.3) is 0 Å². The maximum absolute atomic E-state index is 12.7. The fraction of sp³-hybridized carbons (Fsp3) is 0.529. The number of carbonyl (C=O) groups is 2. The number of rotatable bonds is 6. The minimum atomic E-state index is -0.367. The molecular formula is C17H22O3. The van der Waals surface area contributed by atoms with Crippen LogP contribution in [0.5, 0.6) is 0 Å². The number of ketones is 1. The second-order valence-corrected chi connectivity index (χ2v) is 5.38. The predicted molar refractivity (Wildman–Crippen MR) is 77.5 cm³/mol. The van der Waals surface area contributed by atoms with Gasteiger partial charge in [0.25, 0.3) is 0 Å². The van der Waals surface area contributed by atoms with Crippen LogP contribution >= 0.6 is 0 Å². The van der Waals surface area contributed by atoms with Crippen LogP contribution in [0, 0.1) is 0 Å². The standard InChI is InChI=1S/C17H22O3/c1-2-20-16(19)11-10-15(18)17(12-6-7-13-17)14-8-4-3-5-9-14/h3-5,8-9H,2,6-7,10-13H2,1H3. The molecule has 1 fully saturated rings. The van der Waals surface area contributed by atoms with Crippen molar-refractivity contribution in [2.75, 3.05) is 6.61 Å². The highest BCUT2D eigenvalue weighted by molar-refractivity contribution is 5.92. The van der Waals surface area contributed by atoms with E-state index >= 15 is 0 Å². The summed E-state index contributed by atoms with van der Waals surface area (Å²) in [5.74, 6) is -0.0867. The third-order valence-corrected chi connectivity index (χ3v) is 4.18. The molecule has 3 nitrogen and oxygen atoms in total. The molecule has 0 spiro atoms. The Kier molecular flexibility index (Phi) is 4.94. The molecule has 0 radical (unpaired) electrons. The summed E-state index contributed by atoms with van der Waals surface area (Å²) in [4.78, 5) is 24.1. The first kappa shape index (κ1) is 14.8. The van der Waals surface area contributed by atoms with E-state index in [2.05, 4.69) is 0 Å². The van der Waals surface area contributed by atoms with Crippen molar-refractivity contribution in [3.8, 4) is 0 Å². The molecule has 20 heavy (non-hydrogen) atoms. The molecule has 2 rings (SSSR count). The van der Waals surface area contributed by atoms with E-state index in [0.29, 0.717) is 6.61 Å². The summed E-state index contributed by atoms with van der Waals surface area (Å²) in [5.41, 5.74) is 0.736. The number of ether oxygens (including phenoxy) is 1. The van der Waals surface area contributed by atoms with Crippen molar-refractivity contribution in [1.82, 2.24) is 0 Å². The fourth-order valence-corrected chi connectivity index (χ4v) is 3.15. The van der Waals surface area contributed by atoms with Gasteiger partial charge in [-0.25, -0.2) is 0 Å². The van der Waals surface area contributed by atoms with Crippen molar-refractivity contribution in [2.24, 2.45) is 0 Å². The average molecular weight is 274 g/mol. The molecule has 0 saturated heterocycles. The lowest BCUT2D eigenvalue weighted by Gasteiger charge is -2.28. The van der Waals surface area contributed by atoms with E-state index < -0.39 is 0 Å². The first-order valence-corrected chi connectivity index (χ1v) is 7.43. The molecule has 1 aromatic rings. The third kappa shape index (κ3) is 3.09. The summed E-state index contributed by atoms with van der Waals surface area (Å²) in [7, 11) is 0. The van der Waals surface area contributed by atoms with Crippen LogP contribution in [0.4, 0.5) is 0 Å². The highest BCUT2D eigenvalue weighted by atomic mass is 16.5. The lowest BCUT2D eigenvalue weighted by atomic mass is 9.74. The summed E-state index contributed by atoms with van der Waals surface area (Å²) in [6.07, 6.45) is 4.45. The van der Waals surface area contributed by atoms with Crippen LogP contribution < -0.4 is 0 Å². The quantitative estimate of drug-likeness (QED) is 0.747. The average Bonchev–Trinajstić information content (AvgIpc) is 2.97. The minimum absolute atomic E-state index is 0.189. The molecule has 0 atom stereocenters. The maximum Gasteiger partial charge on any atom is 0.306 e. The monoisotopic (exact) mass is 274 g/mol. The van der Waals surface area contributed by atoms with Gasteiger partial charge in [-0.1, -0.05) is 43.2 Å². The molecular weight excluding hydrogens is 252 g/mol.